The maximum atomic E-state index is 13.5. The molecule has 7 nitrogen and oxygen atoms in total. The molecular formula is C26H30FN3O4. The van der Waals surface area contributed by atoms with Gasteiger partial charge in [-0.15, -0.1) is 0 Å². The number of hydrogen-bond acceptors (Lipinski definition) is 5. The van der Waals surface area contributed by atoms with Gasteiger partial charge in [0.1, 0.15) is 18.1 Å². The number of carbonyl (C=O) groups excluding carboxylic acids is 2. The molecule has 34 heavy (non-hydrogen) atoms. The molecule has 0 unspecified atom stereocenters. The number of carbonyl (C=O) groups is 2. The summed E-state index contributed by atoms with van der Waals surface area (Å²) < 4.78 is 23.9. The average molecular weight is 468 g/mol. The summed E-state index contributed by atoms with van der Waals surface area (Å²) in [4.78, 5) is 28.0. The van der Waals surface area contributed by atoms with Crippen molar-refractivity contribution >= 4 is 17.5 Å². The predicted octanol–water partition coefficient (Wildman–Crippen LogP) is 3.79. The Morgan fingerprint density at radius 3 is 2.38 bits per heavy atom. The summed E-state index contributed by atoms with van der Waals surface area (Å²) >= 11 is 0. The van der Waals surface area contributed by atoms with Gasteiger partial charge in [-0.2, -0.15) is 5.10 Å². The second kappa shape index (κ2) is 10.8. The summed E-state index contributed by atoms with van der Waals surface area (Å²) in [5.41, 5.74) is 2.36. The number of halogens is 1. The molecule has 8 heteroatoms. The van der Waals surface area contributed by atoms with Gasteiger partial charge >= 0.3 is 0 Å². The summed E-state index contributed by atoms with van der Waals surface area (Å²) in [6, 6.07) is 13.3. The van der Waals surface area contributed by atoms with Crippen LogP contribution < -0.4 is 4.74 Å². The highest BCUT2D eigenvalue weighted by atomic mass is 19.1. The number of hydrogen-bond donors (Lipinski definition) is 0. The average Bonchev–Trinajstić information content (AvgIpc) is 3.26. The number of amides is 2. The summed E-state index contributed by atoms with van der Waals surface area (Å²) in [7, 11) is 3.18. The second-order valence-corrected chi connectivity index (χ2v) is 8.67. The molecule has 0 spiro atoms. The lowest BCUT2D eigenvalue weighted by molar-refractivity contribution is -0.146. The number of rotatable bonds is 9. The van der Waals surface area contributed by atoms with Gasteiger partial charge in [0.05, 0.1) is 25.5 Å². The number of methoxy groups -OCH3 is 2. The van der Waals surface area contributed by atoms with E-state index in [2.05, 4.69) is 5.10 Å². The molecule has 4 rings (SSSR count). The molecule has 1 heterocycles. The molecule has 0 N–H and O–H groups in total. The largest absolute Gasteiger partial charge is 0.497 e. The summed E-state index contributed by atoms with van der Waals surface area (Å²) in [6.07, 6.45) is 3.25. The van der Waals surface area contributed by atoms with Crippen molar-refractivity contribution in [3.8, 4) is 5.75 Å². The van der Waals surface area contributed by atoms with Crippen LogP contribution in [0.4, 0.5) is 4.39 Å². The molecule has 0 saturated heterocycles. The third-order valence-corrected chi connectivity index (χ3v) is 6.50. The number of benzene rings is 2. The van der Waals surface area contributed by atoms with E-state index in [4.69, 9.17) is 9.47 Å². The Morgan fingerprint density at radius 1 is 1.09 bits per heavy atom. The molecule has 0 bridgehead atoms. The molecule has 2 amide bonds. The zero-order chi connectivity index (χ0) is 24.1. The predicted molar refractivity (Wildman–Crippen MR) is 126 cm³/mol. The van der Waals surface area contributed by atoms with E-state index < -0.39 is 0 Å². The van der Waals surface area contributed by atoms with E-state index in [1.54, 1.807) is 31.3 Å². The molecule has 2 aromatic rings. The van der Waals surface area contributed by atoms with Gasteiger partial charge in [-0.1, -0.05) is 30.7 Å². The third-order valence-electron chi connectivity index (χ3n) is 6.50. The van der Waals surface area contributed by atoms with Crippen LogP contribution in [0, 0.1) is 11.7 Å². The minimum absolute atomic E-state index is 0.000387. The van der Waals surface area contributed by atoms with Crippen LogP contribution in [0.2, 0.25) is 0 Å². The van der Waals surface area contributed by atoms with Crippen LogP contribution in [0.5, 0.6) is 5.75 Å². The van der Waals surface area contributed by atoms with Crippen molar-refractivity contribution in [1.82, 2.24) is 9.91 Å². The second-order valence-electron chi connectivity index (χ2n) is 8.67. The first-order valence-electron chi connectivity index (χ1n) is 11.6. The fourth-order valence-corrected chi connectivity index (χ4v) is 4.26. The molecule has 1 saturated carbocycles. The number of nitrogens with zero attached hydrogens (tertiary/aromatic N) is 3. The minimum Gasteiger partial charge on any atom is -0.497 e. The molecule has 1 atom stereocenters. The fourth-order valence-electron chi connectivity index (χ4n) is 4.26. The van der Waals surface area contributed by atoms with Gasteiger partial charge in [0.15, 0.2) is 0 Å². The van der Waals surface area contributed by atoms with E-state index in [-0.39, 0.29) is 36.1 Å². The van der Waals surface area contributed by atoms with Gasteiger partial charge in [0.2, 0.25) is 5.91 Å². The van der Waals surface area contributed by atoms with Crippen LogP contribution in [0.15, 0.2) is 53.6 Å². The molecular weight excluding hydrogens is 437 g/mol. The van der Waals surface area contributed by atoms with Gasteiger partial charge in [0, 0.05) is 26.0 Å². The minimum atomic E-state index is -0.332. The Labute approximate surface area is 199 Å². The van der Waals surface area contributed by atoms with Gasteiger partial charge in [-0.3, -0.25) is 9.59 Å². The molecule has 180 valence electrons. The first-order valence-corrected chi connectivity index (χ1v) is 11.6. The Balaban J connectivity index is 1.59. The highest BCUT2D eigenvalue weighted by molar-refractivity contribution is 6.03. The molecule has 2 aromatic carbocycles. The van der Waals surface area contributed by atoms with Crippen molar-refractivity contribution < 1.29 is 23.5 Å². The smallest absolute Gasteiger partial charge is 0.262 e. The summed E-state index contributed by atoms with van der Waals surface area (Å²) in [5, 5.41) is 6.10. The zero-order valence-corrected chi connectivity index (χ0v) is 19.6. The summed E-state index contributed by atoms with van der Waals surface area (Å²) in [6.45, 7) is 0.649. The highest BCUT2D eigenvalue weighted by Gasteiger charge is 2.36. The van der Waals surface area contributed by atoms with Crippen LogP contribution in [-0.4, -0.2) is 61.4 Å². The standard InChI is InChI=1S/C26H30FN3O4/c1-33-15-14-29(26(32)20-4-3-5-20)17-25(31)30-24(19-8-12-22(34-2)13-9-19)16-23(28-30)18-6-10-21(27)11-7-18/h6-13,20,24H,3-5,14-17H2,1-2H3/t24-/m0/s1. The lowest BCUT2D eigenvalue weighted by atomic mass is 9.84. The van der Waals surface area contributed by atoms with Crippen molar-refractivity contribution in [2.45, 2.75) is 31.7 Å². The van der Waals surface area contributed by atoms with Gasteiger partial charge in [-0.05, 0) is 48.2 Å². The van der Waals surface area contributed by atoms with Crippen LogP contribution >= 0.6 is 0 Å². The zero-order valence-electron chi connectivity index (χ0n) is 19.6. The SMILES string of the molecule is COCCN(CC(=O)N1N=C(c2ccc(F)cc2)C[C@H]1c1ccc(OC)cc1)C(=O)C1CCC1. The van der Waals surface area contributed by atoms with Crippen molar-refractivity contribution in [2.75, 3.05) is 33.9 Å². The van der Waals surface area contributed by atoms with Crippen LogP contribution in [0.1, 0.15) is 42.9 Å². The maximum absolute atomic E-state index is 13.5. The molecule has 0 aromatic heterocycles. The van der Waals surface area contributed by atoms with E-state index in [1.807, 2.05) is 24.3 Å². The first-order chi connectivity index (χ1) is 16.5. The maximum Gasteiger partial charge on any atom is 0.262 e. The van der Waals surface area contributed by atoms with E-state index in [1.165, 1.54) is 17.1 Å². The quantitative estimate of drug-likeness (QED) is 0.563. The first kappa shape index (κ1) is 23.9. The molecule has 1 aliphatic carbocycles. The third kappa shape index (κ3) is 5.28. The fraction of sp³-hybridized carbons (Fsp3) is 0.423. The Morgan fingerprint density at radius 2 is 1.79 bits per heavy atom. The topological polar surface area (TPSA) is 71.4 Å². The lowest BCUT2D eigenvalue weighted by Crippen LogP contribution is -2.46. The van der Waals surface area contributed by atoms with Crippen molar-refractivity contribution in [1.29, 1.82) is 0 Å². The van der Waals surface area contributed by atoms with Crippen LogP contribution in [-0.2, 0) is 14.3 Å². The molecule has 2 aliphatic rings. The van der Waals surface area contributed by atoms with Crippen molar-refractivity contribution in [3.63, 3.8) is 0 Å². The molecule has 1 aliphatic heterocycles. The van der Waals surface area contributed by atoms with Gasteiger partial charge in [-0.25, -0.2) is 9.40 Å². The highest BCUT2D eigenvalue weighted by Crippen LogP contribution is 2.34. The van der Waals surface area contributed by atoms with E-state index in [0.717, 1.165) is 36.1 Å². The van der Waals surface area contributed by atoms with E-state index >= 15 is 0 Å². The Bertz CT molecular complexity index is 1040. The lowest BCUT2D eigenvalue weighted by Gasteiger charge is -2.32. The van der Waals surface area contributed by atoms with Gasteiger partial charge < -0.3 is 14.4 Å². The Hall–Kier alpha value is -3.26. The number of hydrazone groups is 1. The van der Waals surface area contributed by atoms with E-state index in [0.29, 0.717) is 25.3 Å². The van der Waals surface area contributed by atoms with E-state index in [9.17, 15) is 14.0 Å². The summed E-state index contributed by atoms with van der Waals surface area (Å²) in [5.74, 6) is 0.113. The van der Waals surface area contributed by atoms with Crippen LogP contribution in [0.25, 0.3) is 0 Å². The van der Waals surface area contributed by atoms with Gasteiger partial charge in [0.25, 0.3) is 5.91 Å². The Kier molecular flexibility index (Phi) is 7.57. The van der Waals surface area contributed by atoms with Crippen LogP contribution in [0.3, 0.4) is 0 Å². The molecule has 0 radical (unpaired) electrons. The van der Waals surface area contributed by atoms with Crippen molar-refractivity contribution in [3.05, 3.63) is 65.5 Å². The monoisotopic (exact) mass is 467 g/mol. The number of ether oxygens (including phenoxy) is 2. The van der Waals surface area contributed by atoms with Crippen molar-refractivity contribution in [2.24, 2.45) is 11.0 Å². The normalized spacial score (nSPS) is 17.8. The molecule has 1 fully saturated rings.